The van der Waals surface area contributed by atoms with E-state index in [1.54, 1.807) is 40.4 Å². The van der Waals surface area contributed by atoms with E-state index in [1.807, 2.05) is 0 Å². The van der Waals surface area contributed by atoms with Crippen molar-refractivity contribution in [2.75, 3.05) is 6.61 Å². The van der Waals surface area contributed by atoms with Crippen molar-refractivity contribution in [1.29, 1.82) is 0 Å². The molecule has 8 heteroatoms. The number of benzene rings is 1. The van der Waals surface area contributed by atoms with E-state index in [-0.39, 0.29) is 11.0 Å². The summed E-state index contributed by atoms with van der Waals surface area (Å²) in [7, 11) is 0. The monoisotopic (exact) mass is 370 g/mol. The van der Waals surface area contributed by atoms with E-state index < -0.39 is 5.97 Å². The number of hydrogen-bond donors (Lipinski definition) is 1. The first-order valence-corrected chi connectivity index (χ1v) is 9.08. The molecule has 0 saturated carbocycles. The second-order valence-electron chi connectivity index (χ2n) is 7.16. The number of carbonyl (C=O) groups is 1. The molecule has 134 valence electrons. The third-order valence-corrected chi connectivity index (χ3v) is 5.35. The van der Waals surface area contributed by atoms with Crippen LogP contribution in [0.5, 0.6) is 5.75 Å². The summed E-state index contributed by atoms with van der Waals surface area (Å²) in [5, 5.41) is 18.2. The van der Waals surface area contributed by atoms with Crippen molar-refractivity contribution in [3.8, 4) is 22.1 Å². The number of aromatic nitrogens is 4. The molecule has 7 nitrogen and oxygen atoms in total. The van der Waals surface area contributed by atoms with Crippen LogP contribution in [0.15, 0.2) is 24.4 Å². The first-order valence-electron chi connectivity index (χ1n) is 8.26. The van der Waals surface area contributed by atoms with Gasteiger partial charge in [0.1, 0.15) is 5.75 Å². The molecule has 0 unspecified atom stereocenters. The van der Waals surface area contributed by atoms with Crippen LogP contribution in [-0.2, 0) is 11.8 Å². The van der Waals surface area contributed by atoms with Crippen LogP contribution in [0.2, 0.25) is 0 Å². The Morgan fingerprint density at radius 1 is 1.35 bits per heavy atom. The molecule has 0 fully saturated rings. The van der Waals surface area contributed by atoms with Gasteiger partial charge < -0.3 is 9.84 Å². The summed E-state index contributed by atoms with van der Waals surface area (Å²) in [6.07, 6.45) is 2.48. The molecule has 1 aromatic carbocycles. The lowest BCUT2D eigenvalue weighted by molar-refractivity contribution is 0.0696. The van der Waals surface area contributed by atoms with Crippen molar-refractivity contribution >= 4 is 17.3 Å². The van der Waals surface area contributed by atoms with E-state index >= 15 is 0 Å². The van der Waals surface area contributed by atoms with Crippen LogP contribution >= 0.6 is 11.3 Å². The molecule has 0 saturated heterocycles. The van der Waals surface area contributed by atoms with Crippen molar-refractivity contribution in [3.63, 3.8) is 0 Å². The number of hydrogen-bond acceptors (Lipinski definition) is 6. The molecule has 1 aliphatic rings. The zero-order valence-corrected chi connectivity index (χ0v) is 15.5. The first kappa shape index (κ1) is 16.7. The van der Waals surface area contributed by atoms with Crippen LogP contribution in [0, 0.1) is 0 Å². The van der Waals surface area contributed by atoms with Gasteiger partial charge in [-0.25, -0.2) is 9.78 Å². The van der Waals surface area contributed by atoms with Gasteiger partial charge in [-0.15, -0.1) is 5.10 Å². The molecule has 0 amide bonds. The fraction of sp³-hybridized carbons (Fsp3) is 0.333. The minimum absolute atomic E-state index is 0.107. The molecule has 1 N–H and O–H groups in total. The number of rotatable bonds is 2. The van der Waals surface area contributed by atoms with Crippen LogP contribution in [0.4, 0.5) is 0 Å². The number of carboxylic acid groups (broad SMARTS) is 1. The van der Waals surface area contributed by atoms with Crippen LogP contribution < -0.4 is 4.74 Å². The second-order valence-corrected chi connectivity index (χ2v) is 8.23. The summed E-state index contributed by atoms with van der Waals surface area (Å²) in [5.74, 6) is -0.424. The predicted molar refractivity (Wildman–Crippen MR) is 97.3 cm³/mol. The lowest BCUT2D eigenvalue weighted by atomic mass is 9.93. The fourth-order valence-corrected chi connectivity index (χ4v) is 3.94. The van der Waals surface area contributed by atoms with Gasteiger partial charge >= 0.3 is 5.97 Å². The fourth-order valence-electron chi connectivity index (χ4n) is 2.92. The van der Waals surface area contributed by atoms with Gasteiger partial charge in [-0.05, 0) is 18.2 Å². The number of thiazole rings is 1. The Kier molecular flexibility index (Phi) is 3.80. The van der Waals surface area contributed by atoms with Gasteiger partial charge in [0.05, 0.1) is 29.8 Å². The molecular formula is C18H18N4O3S. The maximum Gasteiger partial charge on any atom is 0.335 e. The summed E-state index contributed by atoms with van der Waals surface area (Å²) in [5.41, 5.74) is 2.71. The highest BCUT2D eigenvalue weighted by Crippen LogP contribution is 2.39. The lowest BCUT2D eigenvalue weighted by Gasteiger charge is -2.17. The minimum Gasteiger partial charge on any atom is -0.492 e. The molecule has 1 aliphatic heterocycles. The largest absolute Gasteiger partial charge is 0.492 e. The maximum absolute atomic E-state index is 11.2. The summed E-state index contributed by atoms with van der Waals surface area (Å²) < 4.78 is 7.54. The quantitative estimate of drug-likeness (QED) is 0.744. The average molecular weight is 370 g/mol. The van der Waals surface area contributed by atoms with Crippen molar-refractivity contribution in [2.45, 2.75) is 32.6 Å². The van der Waals surface area contributed by atoms with Crippen LogP contribution in [0.3, 0.4) is 0 Å². The highest BCUT2D eigenvalue weighted by atomic mass is 32.1. The van der Waals surface area contributed by atoms with E-state index in [9.17, 15) is 9.90 Å². The molecule has 0 spiro atoms. The first-order chi connectivity index (χ1) is 12.3. The number of ether oxygens (including phenoxy) is 1. The van der Waals surface area contributed by atoms with Crippen molar-refractivity contribution in [1.82, 2.24) is 20.0 Å². The number of aromatic carboxylic acids is 1. The lowest BCUT2D eigenvalue weighted by Crippen LogP contribution is -2.17. The van der Waals surface area contributed by atoms with Gasteiger partial charge in [0, 0.05) is 22.3 Å². The van der Waals surface area contributed by atoms with Crippen LogP contribution in [0.1, 0.15) is 41.7 Å². The van der Waals surface area contributed by atoms with E-state index in [4.69, 9.17) is 9.72 Å². The van der Waals surface area contributed by atoms with Crippen molar-refractivity contribution in [3.05, 3.63) is 40.5 Å². The molecule has 26 heavy (non-hydrogen) atoms. The highest BCUT2D eigenvalue weighted by Gasteiger charge is 2.26. The summed E-state index contributed by atoms with van der Waals surface area (Å²) in [6.45, 7) is 6.81. The number of fused-ring (bicyclic) bond motifs is 3. The molecule has 3 heterocycles. The third-order valence-electron chi connectivity index (χ3n) is 4.26. The van der Waals surface area contributed by atoms with Crippen molar-refractivity contribution in [2.24, 2.45) is 0 Å². The van der Waals surface area contributed by atoms with Crippen LogP contribution in [0.25, 0.3) is 16.4 Å². The molecule has 4 rings (SSSR count). The Morgan fingerprint density at radius 3 is 2.88 bits per heavy atom. The summed E-state index contributed by atoms with van der Waals surface area (Å²) in [4.78, 5) is 17.1. The summed E-state index contributed by atoms with van der Waals surface area (Å²) in [6, 6.07) is 4.90. The molecule has 0 aliphatic carbocycles. The number of nitrogens with zero attached hydrogens (tertiary/aromatic N) is 4. The van der Waals surface area contributed by atoms with Gasteiger partial charge in [-0.1, -0.05) is 37.3 Å². The molecule has 0 atom stereocenters. The average Bonchev–Trinajstić information content (AvgIpc) is 3.18. The van der Waals surface area contributed by atoms with E-state index in [0.717, 1.165) is 27.0 Å². The Balaban J connectivity index is 1.84. The minimum atomic E-state index is -0.975. The summed E-state index contributed by atoms with van der Waals surface area (Å²) >= 11 is 1.56. The molecule has 0 bridgehead atoms. The van der Waals surface area contributed by atoms with Gasteiger partial charge in [-0.3, -0.25) is 0 Å². The Morgan fingerprint density at radius 2 is 2.15 bits per heavy atom. The third kappa shape index (κ3) is 2.76. The number of carboxylic acids is 1. The van der Waals surface area contributed by atoms with E-state index in [1.165, 1.54) is 0 Å². The second kappa shape index (κ2) is 5.91. The van der Waals surface area contributed by atoms with Gasteiger partial charge in [0.25, 0.3) is 0 Å². The normalized spacial score (nSPS) is 13.5. The maximum atomic E-state index is 11.2. The zero-order chi connectivity index (χ0) is 18.5. The molecule has 0 radical (unpaired) electrons. The van der Waals surface area contributed by atoms with Gasteiger partial charge in [0.15, 0.2) is 0 Å². The SMILES string of the molecule is CC(C)(C)c1cnnn1-c1nc2c(s1)CCOc1cc(C(=O)O)ccc1-2. The van der Waals surface area contributed by atoms with Crippen molar-refractivity contribution < 1.29 is 14.6 Å². The Labute approximate surface area is 154 Å². The van der Waals surface area contributed by atoms with Gasteiger partial charge in [0.2, 0.25) is 5.13 Å². The predicted octanol–water partition coefficient (Wildman–Crippen LogP) is 3.32. The zero-order valence-electron chi connectivity index (χ0n) is 14.7. The van der Waals surface area contributed by atoms with E-state index in [0.29, 0.717) is 18.8 Å². The topological polar surface area (TPSA) is 90.1 Å². The Bertz CT molecular complexity index is 1000. The Hall–Kier alpha value is -2.74. The molecular weight excluding hydrogens is 352 g/mol. The van der Waals surface area contributed by atoms with Gasteiger partial charge in [-0.2, -0.15) is 4.68 Å². The molecule has 3 aromatic rings. The smallest absolute Gasteiger partial charge is 0.335 e. The highest BCUT2D eigenvalue weighted by molar-refractivity contribution is 7.14. The van der Waals surface area contributed by atoms with Crippen LogP contribution in [-0.4, -0.2) is 37.7 Å². The van der Waals surface area contributed by atoms with E-state index in [2.05, 4.69) is 31.1 Å². The standard InChI is InChI=1S/C18H18N4O3S/c1-18(2,3)14-9-19-21-22(14)17-20-15-11-5-4-10(16(23)24)8-12(11)25-7-6-13(15)26-17/h4-5,8-9H,6-7H2,1-3H3,(H,23,24). The molecule has 2 aromatic heterocycles.